The van der Waals surface area contributed by atoms with Crippen molar-refractivity contribution in [3.8, 4) is 17.2 Å². The molecule has 3 rings (SSSR count). The molecular formula is C14H16O6. The zero-order valence-electron chi connectivity index (χ0n) is 11.2. The molecule has 2 aliphatic heterocycles. The second-order valence-corrected chi connectivity index (χ2v) is 5.38. The van der Waals surface area contributed by atoms with Gasteiger partial charge < -0.3 is 24.8 Å². The fraction of sp³-hybridized carbons (Fsp3) is 0.500. The van der Waals surface area contributed by atoms with Gasteiger partial charge in [0, 0.05) is 29.5 Å². The minimum Gasteiger partial charge on any atom is -0.504 e. The third-order valence-corrected chi connectivity index (χ3v) is 3.75. The summed E-state index contributed by atoms with van der Waals surface area (Å²) in [4.78, 5) is 11.1. The number of aliphatic hydroxyl groups excluding tert-OH is 1. The van der Waals surface area contributed by atoms with Crippen molar-refractivity contribution in [1.82, 2.24) is 0 Å². The van der Waals surface area contributed by atoms with Gasteiger partial charge in [-0.15, -0.1) is 0 Å². The molecule has 20 heavy (non-hydrogen) atoms. The molecule has 1 aromatic rings. The summed E-state index contributed by atoms with van der Waals surface area (Å²) in [5.74, 6) is -0.765. The Bertz CT molecular complexity index is 555. The maximum atomic E-state index is 11.1. The van der Waals surface area contributed by atoms with E-state index < -0.39 is 12.1 Å². The Hall–Kier alpha value is -1.95. The van der Waals surface area contributed by atoms with E-state index in [1.54, 1.807) is 0 Å². The van der Waals surface area contributed by atoms with Crippen molar-refractivity contribution in [2.75, 3.05) is 0 Å². The molecule has 108 valence electrons. The lowest BCUT2D eigenvalue weighted by atomic mass is 9.93. The summed E-state index contributed by atoms with van der Waals surface area (Å²) in [6.45, 7) is 3.65. The molecule has 0 aliphatic carbocycles. The number of carboxylic acids is 1. The Labute approximate surface area is 115 Å². The Morgan fingerprint density at radius 2 is 1.70 bits per heavy atom. The van der Waals surface area contributed by atoms with Crippen LogP contribution in [0.5, 0.6) is 17.2 Å². The van der Waals surface area contributed by atoms with Crippen molar-refractivity contribution in [3.63, 3.8) is 0 Å². The first-order chi connectivity index (χ1) is 9.40. The average molecular weight is 280 g/mol. The summed E-state index contributed by atoms with van der Waals surface area (Å²) in [5, 5.41) is 29.3. The number of hydrogen-bond acceptors (Lipinski definition) is 5. The first kappa shape index (κ1) is 13.1. The van der Waals surface area contributed by atoms with Crippen LogP contribution in [0.15, 0.2) is 0 Å². The van der Waals surface area contributed by atoms with Crippen LogP contribution in [0.1, 0.15) is 36.6 Å². The maximum Gasteiger partial charge on any atom is 0.337 e. The van der Waals surface area contributed by atoms with Gasteiger partial charge in [-0.2, -0.15) is 0 Å². The molecule has 0 saturated carbocycles. The van der Waals surface area contributed by atoms with Crippen LogP contribution in [-0.2, 0) is 17.6 Å². The van der Waals surface area contributed by atoms with Gasteiger partial charge in [-0.1, -0.05) is 0 Å². The van der Waals surface area contributed by atoms with E-state index in [0.29, 0.717) is 29.7 Å². The minimum absolute atomic E-state index is 0.00467. The molecule has 3 atom stereocenters. The van der Waals surface area contributed by atoms with Gasteiger partial charge in [0.15, 0.2) is 17.6 Å². The van der Waals surface area contributed by atoms with Crippen molar-refractivity contribution in [1.29, 1.82) is 0 Å². The number of aliphatic carboxylic acids is 1. The van der Waals surface area contributed by atoms with Gasteiger partial charge in [0.1, 0.15) is 18.0 Å². The van der Waals surface area contributed by atoms with Crippen LogP contribution in [0.3, 0.4) is 0 Å². The Balaban J connectivity index is 2.25. The molecule has 2 heterocycles. The molecule has 0 fully saturated rings. The van der Waals surface area contributed by atoms with Crippen molar-refractivity contribution in [3.05, 3.63) is 16.7 Å². The normalized spacial score (nSPS) is 24.6. The number of benzene rings is 1. The fourth-order valence-corrected chi connectivity index (χ4v) is 2.94. The average Bonchev–Trinajstić information content (AvgIpc) is 2.92. The molecule has 0 saturated heterocycles. The van der Waals surface area contributed by atoms with Gasteiger partial charge in [0.05, 0.1) is 0 Å². The maximum absolute atomic E-state index is 11.1. The first-order valence-corrected chi connectivity index (χ1v) is 6.54. The zero-order chi connectivity index (χ0) is 14.6. The topological polar surface area (TPSA) is 96.2 Å². The number of phenolic OH excluding ortho intramolecular Hbond substituents is 1. The van der Waals surface area contributed by atoms with Gasteiger partial charge in [-0.05, 0) is 13.8 Å². The molecule has 0 amide bonds. The standard InChI is InChI=1S/C14H16O6/c1-5-3-7-9(11(16)14(17)18)12-8(4-6(2)19-12)10(15)13(7)20-5/h5-6,11,15-16H,3-4H2,1-2H3,(H,17,18). The van der Waals surface area contributed by atoms with Crippen LogP contribution in [-0.4, -0.2) is 33.5 Å². The smallest absolute Gasteiger partial charge is 0.337 e. The lowest BCUT2D eigenvalue weighted by Crippen LogP contribution is -2.15. The van der Waals surface area contributed by atoms with Crippen LogP contribution in [0.25, 0.3) is 0 Å². The predicted molar refractivity (Wildman–Crippen MR) is 68.3 cm³/mol. The number of rotatable bonds is 2. The summed E-state index contributed by atoms with van der Waals surface area (Å²) in [5.41, 5.74) is 1.26. The Morgan fingerprint density at radius 1 is 1.15 bits per heavy atom. The molecule has 0 spiro atoms. The van der Waals surface area contributed by atoms with Crippen LogP contribution in [0.2, 0.25) is 0 Å². The predicted octanol–water partition coefficient (Wildman–Crippen LogP) is 1.16. The van der Waals surface area contributed by atoms with E-state index in [9.17, 15) is 15.0 Å². The van der Waals surface area contributed by atoms with E-state index in [0.717, 1.165) is 0 Å². The number of aromatic hydroxyl groups is 1. The molecule has 3 unspecified atom stereocenters. The van der Waals surface area contributed by atoms with Crippen LogP contribution >= 0.6 is 0 Å². The van der Waals surface area contributed by atoms with Gasteiger partial charge >= 0.3 is 5.97 Å². The van der Waals surface area contributed by atoms with Crippen molar-refractivity contribution < 1.29 is 29.6 Å². The van der Waals surface area contributed by atoms with E-state index in [1.165, 1.54) is 0 Å². The molecular weight excluding hydrogens is 264 g/mol. The van der Waals surface area contributed by atoms with E-state index in [2.05, 4.69) is 0 Å². The third-order valence-electron chi connectivity index (χ3n) is 3.75. The minimum atomic E-state index is -1.68. The fourth-order valence-electron chi connectivity index (χ4n) is 2.94. The highest BCUT2D eigenvalue weighted by Crippen LogP contribution is 2.52. The molecule has 2 aliphatic rings. The van der Waals surface area contributed by atoms with Gasteiger partial charge in [0.2, 0.25) is 0 Å². The lowest BCUT2D eigenvalue weighted by molar-refractivity contribution is -0.147. The highest BCUT2D eigenvalue weighted by atomic mass is 16.5. The molecule has 6 heteroatoms. The quantitative estimate of drug-likeness (QED) is 0.752. The van der Waals surface area contributed by atoms with Crippen molar-refractivity contribution in [2.45, 2.75) is 45.0 Å². The summed E-state index contributed by atoms with van der Waals surface area (Å²) in [6.07, 6.45) is -1.12. The van der Waals surface area contributed by atoms with E-state index in [4.69, 9.17) is 14.6 Å². The number of fused-ring (bicyclic) bond motifs is 2. The van der Waals surface area contributed by atoms with E-state index in [1.807, 2.05) is 13.8 Å². The van der Waals surface area contributed by atoms with Crippen LogP contribution in [0, 0.1) is 0 Å². The second-order valence-electron chi connectivity index (χ2n) is 5.38. The first-order valence-electron chi connectivity index (χ1n) is 6.54. The molecule has 0 aromatic heterocycles. The second kappa shape index (κ2) is 4.28. The highest BCUT2D eigenvalue weighted by Gasteiger charge is 2.39. The molecule has 1 aromatic carbocycles. The number of carboxylic acid groups (broad SMARTS) is 1. The summed E-state index contributed by atoms with van der Waals surface area (Å²) in [6, 6.07) is 0. The number of carbonyl (C=O) groups is 1. The number of aliphatic hydroxyl groups is 1. The Morgan fingerprint density at radius 3 is 2.30 bits per heavy atom. The zero-order valence-corrected chi connectivity index (χ0v) is 11.2. The SMILES string of the molecule is CC1Cc2c(c(O)c3c(c2C(O)C(=O)O)OC(C)C3)O1. The summed E-state index contributed by atoms with van der Waals surface area (Å²) in [7, 11) is 0. The molecule has 6 nitrogen and oxygen atoms in total. The van der Waals surface area contributed by atoms with Crippen molar-refractivity contribution >= 4 is 5.97 Å². The van der Waals surface area contributed by atoms with Crippen LogP contribution < -0.4 is 9.47 Å². The van der Waals surface area contributed by atoms with E-state index >= 15 is 0 Å². The molecule has 3 N–H and O–H groups in total. The van der Waals surface area contributed by atoms with E-state index in [-0.39, 0.29) is 29.3 Å². The van der Waals surface area contributed by atoms with Crippen molar-refractivity contribution in [2.24, 2.45) is 0 Å². The Kier molecular flexibility index (Phi) is 2.79. The third kappa shape index (κ3) is 1.71. The van der Waals surface area contributed by atoms with Gasteiger partial charge in [-0.25, -0.2) is 4.79 Å². The number of hydrogen-bond donors (Lipinski definition) is 3. The number of phenols is 1. The van der Waals surface area contributed by atoms with Crippen LogP contribution in [0.4, 0.5) is 0 Å². The number of ether oxygens (including phenoxy) is 2. The highest BCUT2D eigenvalue weighted by molar-refractivity contribution is 5.79. The summed E-state index contributed by atoms with van der Waals surface area (Å²) < 4.78 is 11.2. The van der Waals surface area contributed by atoms with Gasteiger partial charge in [0.25, 0.3) is 0 Å². The largest absolute Gasteiger partial charge is 0.504 e. The summed E-state index contributed by atoms with van der Waals surface area (Å²) >= 11 is 0. The van der Waals surface area contributed by atoms with Gasteiger partial charge in [-0.3, -0.25) is 0 Å². The monoisotopic (exact) mass is 280 g/mol. The molecule has 0 radical (unpaired) electrons. The molecule has 0 bridgehead atoms. The lowest BCUT2D eigenvalue weighted by Gasteiger charge is -2.16.